The summed E-state index contributed by atoms with van der Waals surface area (Å²) in [7, 11) is -2.42. The fraction of sp³-hybridized carbons (Fsp3) is 0.300. The highest BCUT2D eigenvalue weighted by Gasteiger charge is 2.33. The first kappa shape index (κ1) is 22.6. The maximum atomic E-state index is 12.6. The van der Waals surface area contributed by atoms with Crippen LogP contribution in [0.15, 0.2) is 35.4 Å². The molecule has 0 unspecified atom stereocenters. The molecule has 2 N–H and O–H groups in total. The van der Waals surface area contributed by atoms with Crippen molar-refractivity contribution in [2.45, 2.75) is 4.90 Å². The highest BCUT2D eigenvalue weighted by molar-refractivity contribution is 7.89. The van der Waals surface area contributed by atoms with Gasteiger partial charge in [-0.2, -0.15) is 4.31 Å². The number of benzene rings is 1. The molecule has 33 heavy (non-hydrogen) atoms. The number of aromatic amines is 1. The van der Waals surface area contributed by atoms with Gasteiger partial charge in [0.25, 0.3) is 17.7 Å². The number of anilines is 1. The Morgan fingerprint density at radius 1 is 1.12 bits per heavy atom. The lowest BCUT2D eigenvalue weighted by Crippen LogP contribution is -2.40. The van der Waals surface area contributed by atoms with Gasteiger partial charge in [-0.25, -0.2) is 13.2 Å². The van der Waals surface area contributed by atoms with Gasteiger partial charge in [-0.15, -0.1) is 0 Å². The van der Waals surface area contributed by atoms with Crippen LogP contribution >= 0.6 is 0 Å². The average Bonchev–Trinajstić information content (AvgIpc) is 3.39. The van der Waals surface area contributed by atoms with Gasteiger partial charge in [0.2, 0.25) is 10.0 Å². The number of imide groups is 1. The minimum atomic E-state index is -3.78. The van der Waals surface area contributed by atoms with E-state index in [1.165, 1.54) is 35.7 Å². The third kappa shape index (κ3) is 4.37. The molecule has 3 heterocycles. The standard InChI is InChI=1S/C20H20N4O8S/c1-23-18(26)14-3-2-12(8-15(14)19(23)27)22-17(25)11-32-20(28)16-9-13(10-21-16)33(29,30)24-4-6-31-7-5-24/h2-3,8-10,21H,4-7,11H2,1H3,(H,22,25). The Balaban J connectivity index is 1.35. The summed E-state index contributed by atoms with van der Waals surface area (Å²) in [6.07, 6.45) is 1.18. The number of H-pyrrole nitrogens is 1. The van der Waals surface area contributed by atoms with E-state index < -0.39 is 40.3 Å². The number of nitrogens with one attached hydrogen (secondary N) is 2. The van der Waals surface area contributed by atoms with Crippen LogP contribution in [0.5, 0.6) is 0 Å². The summed E-state index contributed by atoms with van der Waals surface area (Å²) in [6, 6.07) is 5.39. The van der Waals surface area contributed by atoms with Gasteiger partial charge in [-0.05, 0) is 24.3 Å². The van der Waals surface area contributed by atoms with E-state index in [1.54, 1.807) is 0 Å². The normalized spacial score (nSPS) is 16.6. The lowest BCUT2D eigenvalue weighted by atomic mass is 10.1. The summed E-state index contributed by atoms with van der Waals surface area (Å²) >= 11 is 0. The van der Waals surface area contributed by atoms with E-state index >= 15 is 0 Å². The number of rotatable bonds is 6. The Hall–Kier alpha value is -3.55. The first-order valence-electron chi connectivity index (χ1n) is 9.88. The second kappa shape index (κ2) is 8.77. The number of esters is 1. The molecule has 2 aliphatic rings. The number of morpholine rings is 1. The zero-order valence-electron chi connectivity index (χ0n) is 17.5. The second-order valence-electron chi connectivity index (χ2n) is 7.32. The number of carbonyl (C=O) groups excluding carboxylic acids is 4. The first-order valence-corrected chi connectivity index (χ1v) is 11.3. The summed E-state index contributed by atoms with van der Waals surface area (Å²) in [5, 5.41) is 2.48. The largest absolute Gasteiger partial charge is 0.451 e. The van der Waals surface area contributed by atoms with E-state index in [-0.39, 0.29) is 40.5 Å². The van der Waals surface area contributed by atoms with Crippen molar-refractivity contribution >= 4 is 39.4 Å². The van der Waals surface area contributed by atoms with Gasteiger partial charge < -0.3 is 19.8 Å². The topological polar surface area (TPSA) is 155 Å². The van der Waals surface area contributed by atoms with Crippen LogP contribution in [0.2, 0.25) is 0 Å². The number of nitrogens with zero attached hydrogens (tertiary/aromatic N) is 2. The lowest BCUT2D eigenvalue weighted by molar-refractivity contribution is -0.119. The minimum Gasteiger partial charge on any atom is -0.451 e. The maximum absolute atomic E-state index is 12.6. The molecule has 3 amide bonds. The van der Waals surface area contributed by atoms with Gasteiger partial charge >= 0.3 is 5.97 Å². The van der Waals surface area contributed by atoms with Crippen LogP contribution in [0.3, 0.4) is 0 Å². The van der Waals surface area contributed by atoms with E-state index in [9.17, 15) is 27.6 Å². The number of hydrogen-bond donors (Lipinski definition) is 2. The summed E-state index contributed by atoms with van der Waals surface area (Å²) < 4.78 is 36.6. The van der Waals surface area contributed by atoms with Gasteiger partial charge in [-0.3, -0.25) is 19.3 Å². The molecular formula is C20H20N4O8S. The van der Waals surface area contributed by atoms with E-state index in [0.717, 1.165) is 11.0 Å². The van der Waals surface area contributed by atoms with Crippen molar-refractivity contribution in [3.8, 4) is 0 Å². The summed E-state index contributed by atoms with van der Waals surface area (Å²) in [5.74, 6) is -2.50. The zero-order chi connectivity index (χ0) is 23.8. The number of fused-ring (bicyclic) bond motifs is 1. The Morgan fingerprint density at radius 2 is 1.82 bits per heavy atom. The molecule has 2 aliphatic heterocycles. The molecule has 4 rings (SSSR count). The van der Waals surface area contributed by atoms with Crippen LogP contribution in [0.25, 0.3) is 0 Å². The third-order valence-electron chi connectivity index (χ3n) is 5.19. The highest BCUT2D eigenvalue weighted by Crippen LogP contribution is 2.24. The minimum absolute atomic E-state index is 0.0943. The van der Waals surface area contributed by atoms with E-state index in [0.29, 0.717) is 13.2 Å². The fourth-order valence-electron chi connectivity index (χ4n) is 3.42. The van der Waals surface area contributed by atoms with Crippen LogP contribution < -0.4 is 5.32 Å². The number of carbonyl (C=O) groups is 4. The van der Waals surface area contributed by atoms with Crippen molar-refractivity contribution in [1.82, 2.24) is 14.2 Å². The molecule has 174 valence electrons. The maximum Gasteiger partial charge on any atom is 0.355 e. The van der Waals surface area contributed by atoms with Crippen molar-refractivity contribution in [2.24, 2.45) is 0 Å². The molecule has 1 aromatic heterocycles. The molecule has 1 saturated heterocycles. The van der Waals surface area contributed by atoms with Gasteiger partial charge in [0.1, 0.15) is 10.6 Å². The van der Waals surface area contributed by atoms with Crippen molar-refractivity contribution in [3.63, 3.8) is 0 Å². The number of amides is 3. The van der Waals surface area contributed by atoms with Gasteiger partial charge in [0.15, 0.2) is 6.61 Å². The van der Waals surface area contributed by atoms with Crippen LogP contribution in [0, 0.1) is 0 Å². The average molecular weight is 476 g/mol. The van der Waals surface area contributed by atoms with Crippen LogP contribution in [0.1, 0.15) is 31.2 Å². The Bertz CT molecular complexity index is 1250. The zero-order valence-corrected chi connectivity index (χ0v) is 18.3. The molecule has 2 aromatic rings. The molecule has 1 aromatic carbocycles. The van der Waals surface area contributed by atoms with Gasteiger partial charge in [-0.1, -0.05) is 0 Å². The number of ether oxygens (including phenoxy) is 2. The Morgan fingerprint density at radius 3 is 2.55 bits per heavy atom. The van der Waals surface area contributed by atoms with Crippen molar-refractivity contribution in [2.75, 3.05) is 45.3 Å². The molecule has 0 aliphatic carbocycles. The van der Waals surface area contributed by atoms with Crippen LogP contribution in [-0.4, -0.2) is 86.3 Å². The third-order valence-corrected chi connectivity index (χ3v) is 7.07. The predicted octanol–water partition coefficient (Wildman–Crippen LogP) is 0.0569. The second-order valence-corrected chi connectivity index (χ2v) is 9.26. The number of sulfonamides is 1. The molecule has 12 nitrogen and oxygen atoms in total. The smallest absolute Gasteiger partial charge is 0.355 e. The monoisotopic (exact) mass is 476 g/mol. The molecule has 1 fully saturated rings. The van der Waals surface area contributed by atoms with E-state index in [1.807, 2.05) is 0 Å². The van der Waals surface area contributed by atoms with Gasteiger partial charge in [0, 0.05) is 32.0 Å². The van der Waals surface area contributed by atoms with E-state index in [4.69, 9.17) is 9.47 Å². The summed E-state index contributed by atoms with van der Waals surface area (Å²) in [4.78, 5) is 51.8. The molecule has 0 radical (unpaired) electrons. The molecule has 0 atom stereocenters. The SMILES string of the molecule is CN1C(=O)c2ccc(NC(=O)COC(=O)c3cc(S(=O)(=O)N4CCOCC4)c[nH]3)cc2C1=O. The molecular weight excluding hydrogens is 456 g/mol. The predicted molar refractivity (Wildman–Crippen MR) is 112 cm³/mol. The fourth-order valence-corrected chi connectivity index (χ4v) is 4.82. The molecule has 0 bridgehead atoms. The summed E-state index contributed by atoms with van der Waals surface area (Å²) in [5.41, 5.74) is 0.531. The summed E-state index contributed by atoms with van der Waals surface area (Å²) in [6.45, 7) is 0.365. The Kier molecular flexibility index (Phi) is 6.01. The lowest BCUT2D eigenvalue weighted by Gasteiger charge is -2.25. The quantitative estimate of drug-likeness (QED) is 0.438. The first-order chi connectivity index (χ1) is 15.7. The van der Waals surface area contributed by atoms with Crippen LogP contribution in [-0.2, 0) is 24.3 Å². The number of aromatic nitrogens is 1. The molecule has 0 spiro atoms. The molecule has 0 saturated carbocycles. The van der Waals surface area contributed by atoms with Crippen LogP contribution in [0.4, 0.5) is 5.69 Å². The van der Waals surface area contributed by atoms with E-state index in [2.05, 4.69) is 10.3 Å². The highest BCUT2D eigenvalue weighted by atomic mass is 32.2. The van der Waals surface area contributed by atoms with Crippen molar-refractivity contribution < 1.29 is 37.1 Å². The number of hydrogen-bond acceptors (Lipinski definition) is 8. The molecule has 13 heteroatoms. The van der Waals surface area contributed by atoms with Gasteiger partial charge in [0.05, 0.1) is 24.3 Å². The Labute approximate surface area is 188 Å². The van der Waals surface area contributed by atoms with Crippen molar-refractivity contribution in [1.29, 1.82) is 0 Å². The van der Waals surface area contributed by atoms with Crippen molar-refractivity contribution in [3.05, 3.63) is 47.3 Å².